The summed E-state index contributed by atoms with van der Waals surface area (Å²) in [6.07, 6.45) is 6.14. The van der Waals surface area contributed by atoms with Crippen molar-refractivity contribution in [2.45, 2.75) is 96.5 Å². The molecule has 5 atom stereocenters. The lowest BCUT2D eigenvalue weighted by Gasteiger charge is -2.35. The minimum Gasteiger partial charge on any atom is -0.465 e. The molecule has 2 fully saturated rings. The zero-order valence-electron chi connectivity index (χ0n) is 20.1. The molecule has 1 aliphatic heterocycles. The fourth-order valence-corrected chi connectivity index (χ4v) is 5.21. The van der Waals surface area contributed by atoms with Crippen molar-refractivity contribution in [3.8, 4) is 0 Å². The number of ether oxygens (including phenoxy) is 2. The summed E-state index contributed by atoms with van der Waals surface area (Å²) >= 11 is 0. The van der Waals surface area contributed by atoms with E-state index in [1.165, 1.54) is 0 Å². The molecule has 182 valence electrons. The van der Waals surface area contributed by atoms with Crippen LogP contribution in [0.4, 0.5) is 0 Å². The number of benzene rings is 1. The summed E-state index contributed by atoms with van der Waals surface area (Å²) in [7, 11) is 0. The Kier molecular flexibility index (Phi) is 9.30. The van der Waals surface area contributed by atoms with Crippen molar-refractivity contribution < 1.29 is 23.9 Å². The normalized spacial score (nSPS) is 24.0. The summed E-state index contributed by atoms with van der Waals surface area (Å²) < 4.78 is 10.8. The molecule has 1 saturated heterocycles. The molecule has 0 radical (unpaired) electrons. The van der Waals surface area contributed by atoms with Crippen LogP contribution in [-0.2, 0) is 30.5 Å². The first-order chi connectivity index (χ1) is 16.0. The number of hydrogen-bond acceptors (Lipinski definition) is 6. The second-order valence-corrected chi connectivity index (χ2v) is 9.18. The third-order valence-electron chi connectivity index (χ3n) is 6.81. The third-order valence-corrected chi connectivity index (χ3v) is 6.81. The van der Waals surface area contributed by atoms with E-state index in [0.717, 1.165) is 37.7 Å². The highest BCUT2D eigenvalue weighted by Gasteiger charge is 2.49. The molecule has 2 aliphatic rings. The van der Waals surface area contributed by atoms with E-state index in [-0.39, 0.29) is 30.5 Å². The number of rotatable bonds is 10. The Morgan fingerprint density at radius 3 is 2.52 bits per heavy atom. The van der Waals surface area contributed by atoms with E-state index in [1.54, 1.807) is 18.7 Å². The van der Waals surface area contributed by atoms with Gasteiger partial charge in [0.15, 0.2) is 0 Å². The van der Waals surface area contributed by atoms with Crippen molar-refractivity contribution in [2.75, 3.05) is 6.61 Å². The molecule has 1 aliphatic carbocycles. The number of likely N-dealkylation sites (tertiary alicyclic amines) is 1. The topological polar surface area (TPSA) is 84.9 Å². The average Bonchev–Trinajstić information content (AvgIpc) is 3.22. The maximum absolute atomic E-state index is 13.6. The SMILES string of the molecule is CCC[C@H](N[C@@H](C)C(=O)N1C(C(=O)OCc2ccccc2)CC2CCCC[C@@H]21)C(=O)OCC. The first-order valence-corrected chi connectivity index (χ1v) is 12.4. The van der Waals surface area contributed by atoms with E-state index >= 15 is 0 Å². The standard InChI is InChI=1S/C26H38N2O5/c1-4-11-21(25(30)32-5-2)27-18(3)24(29)28-22-15-10-9-14-20(22)16-23(28)26(31)33-17-19-12-7-6-8-13-19/h6-8,12-13,18,20-23,27H,4-5,9-11,14-17H2,1-3H3/t18-,20?,21-,22-,23?/m0/s1. The summed E-state index contributed by atoms with van der Waals surface area (Å²) in [6.45, 7) is 6.03. The van der Waals surface area contributed by atoms with Gasteiger partial charge in [-0.15, -0.1) is 0 Å². The van der Waals surface area contributed by atoms with Crippen LogP contribution in [-0.4, -0.2) is 53.5 Å². The molecule has 3 rings (SSSR count). The predicted octanol–water partition coefficient (Wildman–Crippen LogP) is 3.60. The third kappa shape index (κ3) is 6.34. The monoisotopic (exact) mass is 458 g/mol. The van der Waals surface area contributed by atoms with Crippen LogP contribution in [0.15, 0.2) is 30.3 Å². The highest BCUT2D eigenvalue weighted by molar-refractivity contribution is 5.89. The first-order valence-electron chi connectivity index (χ1n) is 12.4. The van der Waals surface area contributed by atoms with Gasteiger partial charge in [-0.05, 0) is 51.0 Å². The fraction of sp³-hybridized carbons (Fsp3) is 0.654. The van der Waals surface area contributed by atoms with Crippen LogP contribution in [0, 0.1) is 5.92 Å². The summed E-state index contributed by atoms with van der Waals surface area (Å²) in [5.74, 6) is -0.503. The summed E-state index contributed by atoms with van der Waals surface area (Å²) in [5, 5.41) is 3.17. The Morgan fingerprint density at radius 1 is 1.09 bits per heavy atom. The van der Waals surface area contributed by atoms with Crippen LogP contribution in [0.2, 0.25) is 0 Å². The van der Waals surface area contributed by atoms with Gasteiger partial charge in [0.2, 0.25) is 5.91 Å². The molecule has 33 heavy (non-hydrogen) atoms. The Labute approximate surface area is 197 Å². The lowest BCUT2D eigenvalue weighted by atomic mass is 9.84. The molecule has 1 N–H and O–H groups in total. The van der Waals surface area contributed by atoms with Gasteiger partial charge in [0.25, 0.3) is 0 Å². The maximum atomic E-state index is 13.6. The Morgan fingerprint density at radius 2 is 1.82 bits per heavy atom. The van der Waals surface area contributed by atoms with Crippen molar-refractivity contribution in [1.82, 2.24) is 10.2 Å². The van der Waals surface area contributed by atoms with Crippen LogP contribution in [0.3, 0.4) is 0 Å². The highest BCUT2D eigenvalue weighted by atomic mass is 16.5. The second-order valence-electron chi connectivity index (χ2n) is 9.18. The van der Waals surface area contributed by atoms with Gasteiger partial charge in [0.05, 0.1) is 12.6 Å². The molecular formula is C26H38N2O5. The highest BCUT2D eigenvalue weighted by Crippen LogP contribution is 2.40. The van der Waals surface area contributed by atoms with E-state index in [4.69, 9.17) is 9.47 Å². The number of amides is 1. The number of nitrogens with one attached hydrogen (secondary N) is 1. The zero-order valence-corrected chi connectivity index (χ0v) is 20.1. The second kappa shape index (κ2) is 12.2. The van der Waals surface area contributed by atoms with E-state index in [1.807, 2.05) is 37.3 Å². The molecule has 0 bridgehead atoms. The maximum Gasteiger partial charge on any atom is 0.329 e. The van der Waals surface area contributed by atoms with E-state index in [2.05, 4.69) is 5.32 Å². The van der Waals surface area contributed by atoms with E-state index in [0.29, 0.717) is 25.4 Å². The van der Waals surface area contributed by atoms with Crippen LogP contribution in [0.5, 0.6) is 0 Å². The largest absolute Gasteiger partial charge is 0.465 e. The van der Waals surface area contributed by atoms with Gasteiger partial charge < -0.3 is 14.4 Å². The number of carbonyl (C=O) groups is 3. The molecule has 1 saturated carbocycles. The molecule has 1 heterocycles. The van der Waals surface area contributed by atoms with Crippen molar-refractivity contribution >= 4 is 17.8 Å². The van der Waals surface area contributed by atoms with Gasteiger partial charge in [-0.25, -0.2) is 4.79 Å². The molecular weight excluding hydrogens is 420 g/mol. The lowest BCUT2D eigenvalue weighted by Crippen LogP contribution is -2.55. The quantitative estimate of drug-likeness (QED) is 0.539. The molecule has 7 heteroatoms. The van der Waals surface area contributed by atoms with E-state index in [9.17, 15) is 14.4 Å². The number of nitrogens with zero attached hydrogens (tertiary/aromatic N) is 1. The van der Waals surface area contributed by atoms with Gasteiger partial charge in [-0.1, -0.05) is 56.5 Å². The molecule has 0 spiro atoms. The lowest BCUT2D eigenvalue weighted by molar-refractivity contribution is -0.157. The molecule has 2 unspecified atom stereocenters. The van der Waals surface area contributed by atoms with Gasteiger partial charge in [0, 0.05) is 6.04 Å². The number of carbonyl (C=O) groups excluding carboxylic acids is 3. The van der Waals surface area contributed by atoms with Crippen LogP contribution >= 0.6 is 0 Å². The summed E-state index contributed by atoms with van der Waals surface area (Å²) in [6, 6.07) is 7.91. The van der Waals surface area contributed by atoms with Crippen molar-refractivity contribution in [1.29, 1.82) is 0 Å². The molecule has 0 aromatic heterocycles. The smallest absolute Gasteiger partial charge is 0.329 e. The van der Waals surface area contributed by atoms with Crippen LogP contribution < -0.4 is 5.32 Å². The summed E-state index contributed by atoms with van der Waals surface area (Å²) in [5.41, 5.74) is 0.922. The predicted molar refractivity (Wildman–Crippen MR) is 125 cm³/mol. The Bertz CT molecular complexity index is 799. The van der Waals surface area contributed by atoms with Gasteiger partial charge in [-0.2, -0.15) is 0 Å². The van der Waals surface area contributed by atoms with Crippen molar-refractivity contribution in [2.24, 2.45) is 5.92 Å². The number of hydrogen-bond donors (Lipinski definition) is 1. The van der Waals surface area contributed by atoms with Crippen LogP contribution in [0.1, 0.15) is 71.3 Å². The van der Waals surface area contributed by atoms with Gasteiger partial charge in [0.1, 0.15) is 18.7 Å². The number of fused-ring (bicyclic) bond motifs is 1. The minimum absolute atomic E-state index is 0.0528. The zero-order chi connectivity index (χ0) is 23.8. The van der Waals surface area contributed by atoms with Gasteiger partial charge in [-0.3, -0.25) is 14.9 Å². The molecule has 1 amide bonds. The van der Waals surface area contributed by atoms with Crippen molar-refractivity contribution in [3.05, 3.63) is 35.9 Å². The minimum atomic E-state index is -0.601. The van der Waals surface area contributed by atoms with Gasteiger partial charge >= 0.3 is 11.9 Å². The molecule has 1 aromatic rings. The fourth-order valence-electron chi connectivity index (χ4n) is 5.21. The average molecular weight is 459 g/mol. The van der Waals surface area contributed by atoms with Crippen molar-refractivity contribution in [3.63, 3.8) is 0 Å². The molecule has 1 aromatic carbocycles. The Balaban J connectivity index is 1.72. The Hall–Kier alpha value is -2.41. The number of esters is 2. The summed E-state index contributed by atoms with van der Waals surface area (Å²) in [4.78, 5) is 40.8. The van der Waals surface area contributed by atoms with E-state index < -0.39 is 18.1 Å². The molecule has 7 nitrogen and oxygen atoms in total. The first kappa shape index (κ1) is 25.2. The van der Waals surface area contributed by atoms with Crippen LogP contribution in [0.25, 0.3) is 0 Å².